The minimum Gasteiger partial charge on any atom is -0.347 e. The molecule has 2 fully saturated rings. The topological polar surface area (TPSA) is 146 Å². The molecule has 2 aliphatic rings. The third kappa shape index (κ3) is 3.81. The third-order valence-corrected chi connectivity index (χ3v) is 4.56. The summed E-state index contributed by atoms with van der Waals surface area (Å²) in [4.78, 5) is 41.6. The minimum absolute atomic E-state index is 0.0863. The number of nitrogens with one attached hydrogen (secondary N) is 1. The number of rotatable bonds is 6. The molecule has 3 heterocycles. The fourth-order valence-electron chi connectivity index (χ4n) is 3.02. The lowest BCUT2D eigenvalue weighted by atomic mass is 10.0. The van der Waals surface area contributed by atoms with E-state index in [0.29, 0.717) is 17.0 Å². The van der Waals surface area contributed by atoms with Gasteiger partial charge < -0.3 is 10.2 Å². The zero-order valence-corrected chi connectivity index (χ0v) is 14.3. The molecule has 140 valence electrons. The van der Waals surface area contributed by atoms with Crippen LogP contribution < -0.4 is 5.32 Å². The Labute approximate surface area is 148 Å². The van der Waals surface area contributed by atoms with Crippen LogP contribution in [-0.4, -0.2) is 70.8 Å². The van der Waals surface area contributed by atoms with Crippen LogP contribution in [0.3, 0.4) is 0 Å². The van der Waals surface area contributed by atoms with E-state index in [9.17, 15) is 22.8 Å². The highest BCUT2D eigenvalue weighted by molar-refractivity contribution is 7.80. The van der Waals surface area contributed by atoms with Crippen molar-refractivity contribution in [2.75, 3.05) is 13.1 Å². The van der Waals surface area contributed by atoms with Gasteiger partial charge in [-0.1, -0.05) is 0 Å². The van der Waals surface area contributed by atoms with Crippen molar-refractivity contribution in [1.82, 2.24) is 20.3 Å². The molecule has 0 aromatic carbocycles. The molecule has 2 bridgehead atoms. The zero-order valence-electron chi connectivity index (χ0n) is 13.4. The fraction of sp³-hybridized carbons (Fsp3) is 0.429. The van der Waals surface area contributed by atoms with Crippen molar-refractivity contribution in [3.8, 4) is 0 Å². The van der Waals surface area contributed by atoms with E-state index in [2.05, 4.69) is 14.6 Å². The summed E-state index contributed by atoms with van der Waals surface area (Å²) in [7, 11) is -4.84. The molecular formula is C14H16N4O7S. The second kappa shape index (κ2) is 6.97. The Morgan fingerprint density at radius 3 is 2.81 bits per heavy atom. The Morgan fingerprint density at radius 1 is 1.38 bits per heavy atom. The smallest absolute Gasteiger partial charge is 0.347 e. The normalized spacial score (nSPS) is 22.4. The molecule has 0 saturated carbocycles. The van der Waals surface area contributed by atoms with E-state index in [1.54, 1.807) is 12.1 Å². The van der Waals surface area contributed by atoms with Crippen molar-refractivity contribution < 1.29 is 31.6 Å². The first kappa shape index (κ1) is 18.2. The zero-order chi connectivity index (χ0) is 18.9. The van der Waals surface area contributed by atoms with Crippen LogP contribution in [0.25, 0.3) is 0 Å². The van der Waals surface area contributed by atoms with Crippen LogP contribution in [0.2, 0.25) is 0 Å². The summed E-state index contributed by atoms with van der Waals surface area (Å²) < 4.78 is 34.7. The number of hydrogen-bond donors (Lipinski definition) is 2. The average Bonchev–Trinajstić information content (AvgIpc) is 2.84. The summed E-state index contributed by atoms with van der Waals surface area (Å²) in [6.07, 6.45) is 3.49. The number of urea groups is 1. The Hall–Kier alpha value is -2.57. The van der Waals surface area contributed by atoms with E-state index in [1.807, 2.05) is 0 Å². The summed E-state index contributed by atoms with van der Waals surface area (Å²) in [6.45, 7) is -0.166. The number of ketones is 1. The van der Waals surface area contributed by atoms with Crippen molar-refractivity contribution in [2.45, 2.75) is 24.9 Å². The standard InChI is InChI=1S/C14H16N4O7S/c19-12(9-2-1-5-15-6-9)7-16-13(20)11-4-3-10-8-17(11)14(21)18(10)25-26(22,23)24/h1-2,5-6,10-11H,3-4,7-8H2,(H,16,20)(H,22,23,24)/t10-,11+/m1/s1. The SMILES string of the molecule is O=C(CNC(=O)[C@@H]1CC[C@@H]2CN1C(=O)N2OS(=O)(=O)O)c1cccnc1. The largest absolute Gasteiger partial charge is 0.418 e. The number of Topliss-reactive ketones (excluding diaryl/α,β-unsaturated/α-hetero) is 1. The van der Waals surface area contributed by atoms with Gasteiger partial charge >= 0.3 is 16.4 Å². The number of nitrogens with zero attached hydrogens (tertiary/aromatic N) is 3. The lowest BCUT2D eigenvalue weighted by Crippen LogP contribution is -2.50. The van der Waals surface area contributed by atoms with Crippen molar-refractivity contribution in [2.24, 2.45) is 0 Å². The first-order valence-corrected chi connectivity index (χ1v) is 9.10. The summed E-state index contributed by atoms with van der Waals surface area (Å²) in [5, 5.41) is 3.04. The Balaban J connectivity index is 1.61. The number of aromatic nitrogens is 1. The molecule has 26 heavy (non-hydrogen) atoms. The van der Waals surface area contributed by atoms with Crippen LogP contribution >= 0.6 is 0 Å². The molecule has 2 N–H and O–H groups in total. The molecule has 0 unspecified atom stereocenters. The molecule has 0 spiro atoms. The molecule has 0 radical (unpaired) electrons. The first-order chi connectivity index (χ1) is 12.3. The van der Waals surface area contributed by atoms with Crippen LogP contribution in [0.5, 0.6) is 0 Å². The number of carbonyl (C=O) groups is 3. The minimum atomic E-state index is -4.84. The van der Waals surface area contributed by atoms with Crippen molar-refractivity contribution in [1.29, 1.82) is 0 Å². The molecule has 1 aromatic rings. The van der Waals surface area contributed by atoms with Crippen LogP contribution in [0, 0.1) is 0 Å². The Kier molecular flexibility index (Phi) is 4.89. The molecule has 2 atom stereocenters. The molecule has 12 heteroatoms. The van der Waals surface area contributed by atoms with Crippen molar-refractivity contribution in [3.63, 3.8) is 0 Å². The highest BCUT2D eigenvalue weighted by Crippen LogP contribution is 2.30. The Bertz CT molecular complexity index is 829. The van der Waals surface area contributed by atoms with E-state index in [-0.39, 0.29) is 25.3 Å². The van der Waals surface area contributed by atoms with Crippen molar-refractivity contribution in [3.05, 3.63) is 30.1 Å². The summed E-state index contributed by atoms with van der Waals surface area (Å²) in [5.41, 5.74) is 0.349. The monoisotopic (exact) mass is 384 g/mol. The van der Waals surface area contributed by atoms with Gasteiger partial charge in [0.25, 0.3) is 0 Å². The maximum atomic E-state index is 12.4. The molecule has 2 aliphatic heterocycles. The second-order valence-corrected chi connectivity index (χ2v) is 6.90. The van der Waals surface area contributed by atoms with Gasteiger partial charge in [0.15, 0.2) is 5.78 Å². The number of fused-ring (bicyclic) bond motifs is 2. The van der Waals surface area contributed by atoms with Crippen LogP contribution in [0.4, 0.5) is 4.79 Å². The fourth-order valence-corrected chi connectivity index (χ4v) is 3.41. The van der Waals surface area contributed by atoms with Gasteiger partial charge in [-0.15, -0.1) is 4.28 Å². The number of amides is 3. The van der Waals surface area contributed by atoms with Crippen LogP contribution in [-0.2, 0) is 19.5 Å². The van der Waals surface area contributed by atoms with Crippen LogP contribution in [0.15, 0.2) is 24.5 Å². The predicted molar refractivity (Wildman–Crippen MR) is 85.0 cm³/mol. The van der Waals surface area contributed by atoms with Gasteiger partial charge in [0.1, 0.15) is 6.04 Å². The number of hydrogen-bond acceptors (Lipinski definition) is 7. The average molecular weight is 384 g/mol. The number of pyridine rings is 1. The quantitative estimate of drug-likeness (QED) is 0.487. The van der Waals surface area contributed by atoms with Gasteiger partial charge in [-0.2, -0.15) is 13.5 Å². The second-order valence-electron chi connectivity index (χ2n) is 5.89. The van der Waals surface area contributed by atoms with Gasteiger partial charge in [-0.25, -0.2) is 4.79 Å². The molecule has 1 aromatic heterocycles. The number of hydroxylamine groups is 2. The predicted octanol–water partition coefficient (Wildman–Crippen LogP) is -0.616. The van der Waals surface area contributed by atoms with Gasteiger partial charge in [0.2, 0.25) is 5.91 Å². The third-order valence-electron chi connectivity index (χ3n) is 4.21. The van der Waals surface area contributed by atoms with E-state index in [4.69, 9.17) is 4.55 Å². The van der Waals surface area contributed by atoms with E-state index < -0.39 is 34.4 Å². The number of carbonyl (C=O) groups excluding carboxylic acids is 3. The summed E-state index contributed by atoms with van der Waals surface area (Å²) in [6, 6.07) is 0.911. The molecule has 11 nitrogen and oxygen atoms in total. The summed E-state index contributed by atoms with van der Waals surface area (Å²) >= 11 is 0. The molecular weight excluding hydrogens is 368 g/mol. The van der Waals surface area contributed by atoms with E-state index in [1.165, 1.54) is 12.4 Å². The molecule has 2 saturated heterocycles. The molecule has 3 rings (SSSR count). The van der Waals surface area contributed by atoms with Gasteiger partial charge in [0.05, 0.1) is 12.6 Å². The highest BCUT2D eigenvalue weighted by Gasteiger charge is 2.49. The van der Waals surface area contributed by atoms with Crippen molar-refractivity contribution >= 4 is 28.1 Å². The Morgan fingerprint density at radius 2 is 2.15 bits per heavy atom. The molecule has 3 amide bonds. The van der Waals surface area contributed by atoms with Gasteiger partial charge in [-0.05, 0) is 25.0 Å². The first-order valence-electron chi connectivity index (χ1n) is 7.74. The van der Waals surface area contributed by atoms with Gasteiger partial charge in [0, 0.05) is 24.5 Å². The maximum absolute atomic E-state index is 12.4. The van der Waals surface area contributed by atoms with E-state index >= 15 is 0 Å². The summed E-state index contributed by atoms with van der Waals surface area (Å²) in [5.74, 6) is -0.855. The molecule has 0 aliphatic carbocycles. The highest BCUT2D eigenvalue weighted by atomic mass is 32.3. The lowest BCUT2D eigenvalue weighted by Gasteiger charge is -2.29. The lowest BCUT2D eigenvalue weighted by molar-refractivity contribution is -0.125. The maximum Gasteiger partial charge on any atom is 0.418 e. The van der Waals surface area contributed by atoms with Crippen LogP contribution in [0.1, 0.15) is 23.2 Å². The van der Waals surface area contributed by atoms with Gasteiger partial charge in [-0.3, -0.25) is 19.1 Å². The number of piperidine rings is 1. The van der Waals surface area contributed by atoms with E-state index in [0.717, 1.165) is 4.90 Å².